The van der Waals surface area contributed by atoms with Crippen LogP contribution in [0.4, 0.5) is 10.5 Å². The minimum atomic E-state index is -0.880. The molecule has 9 heteroatoms. The second kappa shape index (κ2) is 14.2. The molecule has 2 heterocycles. The van der Waals surface area contributed by atoms with E-state index in [1.165, 1.54) is 4.90 Å². The van der Waals surface area contributed by atoms with Crippen molar-refractivity contribution in [3.8, 4) is 11.8 Å². The van der Waals surface area contributed by atoms with Gasteiger partial charge in [-0.3, -0.25) is 0 Å². The molecule has 2 aliphatic heterocycles. The van der Waals surface area contributed by atoms with Gasteiger partial charge >= 0.3 is 6.09 Å². The number of likely N-dealkylation sites (tertiary alicyclic amines) is 1. The zero-order valence-electron chi connectivity index (χ0n) is 23.9. The maximum absolute atomic E-state index is 13.0. The maximum atomic E-state index is 13.0. The van der Waals surface area contributed by atoms with E-state index in [1.54, 1.807) is 19.2 Å². The van der Waals surface area contributed by atoms with Crippen molar-refractivity contribution in [2.75, 3.05) is 51.4 Å². The van der Waals surface area contributed by atoms with Crippen LogP contribution < -0.4 is 9.64 Å². The van der Waals surface area contributed by atoms with Gasteiger partial charge in [0.25, 0.3) is 0 Å². The van der Waals surface area contributed by atoms with Crippen molar-refractivity contribution in [2.24, 2.45) is 0 Å². The first kappa shape index (κ1) is 29.4. The van der Waals surface area contributed by atoms with Crippen molar-refractivity contribution in [3.05, 3.63) is 95.1 Å². The van der Waals surface area contributed by atoms with E-state index < -0.39 is 18.3 Å². The maximum Gasteiger partial charge on any atom is 0.410 e. The van der Waals surface area contributed by atoms with Gasteiger partial charge in [0.15, 0.2) is 0 Å². The Balaban J connectivity index is 1.32. The van der Waals surface area contributed by atoms with Gasteiger partial charge in [-0.2, -0.15) is 5.26 Å². The first-order valence-electron chi connectivity index (χ1n) is 14.3. The van der Waals surface area contributed by atoms with Crippen LogP contribution in [0.25, 0.3) is 0 Å². The SMILES string of the molecule is COCCCN1CCOc2ccc(CO[C@H]3CN(C(=O)OCc4ccccc4)C[C@@H](O)[C@@H]3c3ccc(C#N)cc3)cc21. The van der Waals surface area contributed by atoms with E-state index in [4.69, 9.17) is 18.9 Å². The summed E-state index contributed by atoms with van der Waals surface area (Å²) in [6, 6.07) is 24.8. The monoisotopic (exact) mass is 571 g/mol. The smallest absolute Gasteiger partial charge is 0.410 e. The van der Waals surface area contributed by atoms with Gasteiger partial charge in [-0.05, 0) is 47.4 Å². The third-order valence-corrected chi connectivity index (χ3v) is 7.73. The number of fused-ring (bicyclic) bond motifs is 1. The lowest BCUT2D eigenvalue weighted by molar-refractivity contribution is -0.0692. The first-order valence-corrected chi connectivity index (χ1v) is 14.3. The Labute approximate surface area is 246 Å². The van der Waals surface area contributed by atoms with Crippen molar-refractivity contribution in [1.29, 1.82) is 5.26 Å². The fraction of sp³-hybridized carbons (Fsp3) is 0.394. The van der Waals surface area contributed by atoms with Crippen LogP contribution in [-0.2, 0) is 27.4 Å². The van der Waals surface area contributed by atoms with Gasteiger partial charge in [-0.25, -0.2) is 4.79 Å². The number of carbonyl (C=O) groups excluding carboxylic acids is 1. The number of amides is 1. The molecule has 1 N–H and O–H groups in total. The summed E-state index contributed by atoms with van der Waals surface area (Å²) in [5.74, 6) is 0.459. The molecule has 1 amide bonds. The van der Waals surface area contributed by atoms with Crippen molar-refractivity contribution in [3.63, 3.8) is 0 Å². The predicted octanol–water partition coefficient (Wildman–Crippen LogP) is 4.48. The van der Waals surface area contributed by atoms with Crippen molar-refractivity contribution in [1.82, 2.24) is 4.90 Å². The van der Waals surface area contributed by atoms with Crippen LogP contribution in [0.3, 0.4) is 0 Å². The number of nitriles is 1. The summed E-state index contributed by atoms with van der Waals surface area (Å²) in [7, 11) is 1.71. The van der Waals surface area contributed by atoms with Crippen LogP contribution in [-0.4, -0.2) is 74.8 Å². The van der Waals surface area contributed by atoms with Crippen LogP contribution in [0, 0.1) is 11.3 Å². The molecule has 3 aromatic carbocycles. The van der Waals surface area contributed by atoms with E-state index in [2.05, 4.69) is 17.0 Å². The molecular weight excluding hydrogens is 534 g/mol. The zero-order chi connectivity index (χ0) is 29.3. The summed E-state index contributed by atoms with van der Waals surface area (Å²) in [4.78, 5) is 16.9. The fourth-order valence-corrected chi connectivity index (χ4v) is 5.57. The molecule has 0 aromatic heterocycles. The quantitative estimate of drug-likeness (QED) is 0.356. The lowest BCUT2D eigenvalue weighted by Gasteiger charge is -2.41. The molecule has 5 rings (SSSR count). The largest absolute Gasteiger partial charge is 0.490 e. The van der Waals surface area contributed by atoms with Crippen LogP contribution in [0.1, 0.15) is 34.6 Å². The van der Waals surface area contributed by atoms with E-state index in [-0.39, 0.29) is 32.2 Å². The summed E-state index contributed by atoms with van der Waals surface area (Å²) >= 11 is 0. The highest BCUT2D eigenvalue weighted by atomic mass is 16.6. The Kier molecular flexibility index (Phi) is 9.93. The number of ether oxygens (including phenoxy) is 4. The molecule has 2 aliphatic rings. The molecule has 1 saturated heterocycles. The normalized spacial score (nSPS) is 19.9. The van der Waals surface area contributed by atoms with Gasteiger partial charge in [-0.1, -0.05) is 48.5 Å². The number of carbonyl (C=O) groups is 1. The lowest BCUT2D eigenvalue weighted by atomic mass is 9.84. The summed E-state index contributed by atoms with van der Waals surface area (Å²) in [5.41, 5.74) is 4.27. The molecule has 1 fully saturated rings. The minimum Gasteiger partial charge on any atom is -0.490 e. The number of benzene rings is 3. The topological polar surface area (TPSA) is 104 Å². The number of aliphatic hydroxyl groups is 1. The number of rotatable bonds is 10. The number of aliphatic hydroxyl groups excluding tert-OH is 1. The molecule has 0 bridgehead atoms. The summed E-state index contributed by atoms with van der Waals surface area (Å²) in [6.45, 7) is 3.81. The fourth-order valence-electron chi connectivity index (χ4n) is 5.57. The van der Waals surface area contributed by atoms with E-state index in [1.807, 2.05) is 54.6 Å². The number of anilines is 1. The number of methoxy groups -OCH3 is 1. The predicted molar refractivity (Wildman–Crippen MR) is 157 cm³/mol. The van der Waals surface area contributed by atoms with E-state index in [9.17, 15) is 15.2 Å². The summed E-state index contributed by atoms with van der Waals surface area (Å²) < 4.78 is 23.2. The summed E-state index contributed by atoms with van der Waals surface area (Å²) in [5, 5.41) is 20.5. The van der Waals surface area contributed by atoms with Gasteiger partial charge < -0.3 is 33.9 Å². The minimum absolute atomic E-state index is 0.116. The Bertz CT molecular complexity index is 1360. The molecule has 0 radical (unpaired) electrons. The number of β-amino-alcohol motifs (C(OH)–C–C–N with tert-alkyl or cyclic N) is 1. The second-order valence-electron chi connectivity index (χ2n) is 10.6. The number of nitrogens with zero attached hydrogens (tertiary/aromatic N) is 3. The average Bonchev–Trinajstić information content (AvgIpc) is 3.03. The standard InChI is InChI=1S/C33H37N3O6/c1-39-16-5-14-35-15-17-40-30-13-10-26(18-28(30)35)23-41-31-21-36(33(38)42-22-25-6-3-2-4-7-25)20-29(37)32(31)27-11-8-24(19-34)9-12-27/h2-4,6-13,18,29,31-32,37H,5,14-17,20-23H2,1H3/t29-,31+,32+/m1/s1. The number of hydrogen-bond donors (Lipinski definition) is 1. The van der Waals surface area contributed by atoms with E-state index in [0.717, 1.165) is 47.6 Å². The highest BCUT2D eigenvalue weighted by Gasteiger charge is 2.40. The highest BCUT2D eigenvalue weighted by Crippen LogP contribution is 2.35. The lowest BCUT2D eigenvalue weighted by Crippen LogP contribution is -2.53. The Morgan fingerprint density at radius 2 is 1.86 bits per heavy atom. The Morgan fingerprint density at radius 3 is 2.62 bits per heavy atom. The number of piperidine rings is 1. The molecule has 9 nitrogen and oxygen atoms in total. The molecule has 0 saturated carbocycles. The van der Waals surface area contributed by atoms with E-state index in [0.29, 0.717) is 18.8 Å². The molecule has 3 atom stereocenters. The highest BCUT2D eigenvalue weighted by molar-refractivity contribution is 5.68. The van der Waals surface area contributed by atoms with Gasteiger partial charge in [0, 0.05) is 26.2 Å². The van der Waals surface area contributed by atoms with Crippen LogP contribution in [0.2, 0.25) is 0 Å². The van der Waals surface area contributed by atoms with Crippen molar-refractivity contribution in [2.45, 2.75) is 37.8 Å². The molecule has 0 spiro atoms. The molecule has 3 aromatic rings. The zero-order valence-corrected chi connectivity index (χ0v) is 23.9. The van der Waals surface area contributed by atoms with Crippen molar-refractivity contribution >= 4 is 11.8 Å². The second-order valence-corrected chi connectivity index (χ2v) is 10.6. The van der Waals surface area contributed by atoms with Gasteiger partial charge in [0.2, 0.25) is 0 Å². The van der Waals surface area contributed by atoms with Gasteiger partial charge in [0.05, 0.1) is 55.8 Å². The average molecular weight is 572 g/mol. The summed E-state index contributed by atoms with van der Waals surface area (Å²) in [6.07, 6.45) is -0.966. The Morgan fingerprint density at radius 1 is 1.05 bits per heavy atom. The van der Waals surface area contributed by atoms with Crippen molar-refractivity contribution < 1.29 is 28.8 Å². The molecular formula is C33H37N3O6. The van der Waals surface area contributed by atoms with E-state index >= 15 is 0 Å². The van der Waals surface area contributed by atoms with Crippen LogP contribution in [0.5, 0.6) is 5.75 Å². The molecule has 42 heavy (non-hydrogen) atoms. The number of hydrogen-bond acceptors (Lipinski definition) is 8. The third-order valence-electron chi connectivity index (χ3n) is 7.73. The molecule has 0 aliphatic carbocycles. The third kappa shape index (κ3) is 7.21. The molecule has 0 unspecified atom stereocenters. The van der Waals surface area contributed by atoms with Gasteiger partial charge in [-0.15, -0.1) is 0 Å². The molecule has 220 valence electrons. The van der Waals surface area contributed by atoms with Crippen LogP contribution >= 0.6 is 0 Å². The Hall–Kier alpha value is -4.10. The first-order chi connectivity index (χ1) is 20.6. The van der Waals surface area contributed by atoms with Gasteiger partial charge in [0.1, 0.15) is 19.0 Å². The van der Waals surface area contributed by atoms with Crippen LogP contribution in [0.15, 0.2) is 72.8 Å².